The number of carbonyl (C=O) groups is 1. The van der Waals surface area contributed by atoms with Gasteiger partial charge >= 0.3 is 0 Å². The molecule has 6 heteroatoms. The molecule has 144 valence electrons. The zero-order valence-electron chi connectivity index (χ0n) is 16.3. The van der Waals surface area contributed by atoms with Crippen molar-refractivity contribution in [3.8, 4) is 17.1 Å². The Morgan fingerprint density at radius 3 is 2.68 bits per heavy atom. The van der Waals surface area contributed by atoms with Crippen LogP contribution in [-0.4, -0.2) is 33.4 Å². The highest BCUT2D eigenvalue weighted by Crippen LogP contribution is 2.31. The Labute approximate surface area is 169 Å². The van der Waals surface area contributed by atoms with Crippen molar-refractivity contribution in [2.75, 3.05) is 12.9 Å². The average molecular weight is 394 g/mol. The lowest BCUT2D eigenvalue weighted by Crippen LogP contribution is -2.06. The van der Waals surface area contributed by atoms with Gasteiger partial charge in [0.1, 0.15) is 5.75 Å². The lowest BCUT2D eigenvalue weighted by atomic mass is 10.0. The third-order valence-electron chi connectivity index (χ3n) is 4.54. The van der Waals surface area contributed by atoms with Crippen molar-refractivity contribution in [1.29, 1.82) is 0 Å². The molecule has 3 rings (SSSR count). The molecule has 0 saturated carbocycles. The van der Waals surface area contributed by atoms with Gasteiger partial charge in [-0.1, -0.05) is 42.1 Å². The predicted molar refractivity (Wildman–Crippen MR) is 113 cm³/mol. The first kappa shape index (κ1) is 19.9. The van der Waals surface area contributed by atoms with Crippen molar-refractivity contribution in [2.24, 2.45) is 0 Å². The summed E-state index contributed by atoms with van der Waals surface area (Å²) in [6, 6.07) is 13.5. The number of ketones is 1. The van der Waals surface area contributed by atoms with E-state index in [0.717, 1.165) is 22.4 Å². The fraction of sp³-hybridized carbons (Fsp3) is 0.227. The fourth-order valence-corrected chi connectivity index (χ4v) is 3.69. The van der Waals surface area contributed by atoms with E-state index in [1.165, 1.54) is 17.3 Å². The monoisotopic (exact) mass is 393 g/mol. The molecule has 0 fully saturated rings. The standard InChI is InChI=1S/C22H23N3O2S/c1-5-12-25-21(18-8-6-7-9-20(18)27-4)23-24-22(25)28-14-19(26)17-11-10-15(2)16(3)13-17/h5-11,13H,1,12,14H2,2-4H3. The summed E-state index contributed by atoms with van der Waals surface area (Å²) in [7, 11) is 1.63. The molecule has 0 radical (unpaired) electrons. The molecule has 5 nitrogen and oxygen atoms in total. The van der Waals surface area contributed by atoms with E-state index in [9.17, 15) is 4.79 Å². The number of ether oxygens (including phenoxy) is 1. The second-order valence-electron chi connectivity index (χ2n) is 6.42. The second kappa shape index (κ2) is 8.89. The molecule has 1 aromatic heterocycles. The number of aromatic nitrogens is 3. The Morgan fingerprint density at radius 1 is 1.18 bits per heavy atom. The summed E-state index contributed by atoms with van der Waals surface area (Å²) in [6.45, 7) is 8.42. The largest absolute Gasteiger partial charge is 0.496 e. The Balaban J connectivity index is 1.84. The zero-order chi connectivity index (χ0) is 20.1. The van der Waals surface area contributed by atoms with Gasteiger partial charge in [-0.05, 0) is 43.2 Å². The number of thioether (sulfide) groups is 1. The predicted octanol–water partition coefficient (Wildman–Crippen LogP) is 4.73. The summed E-state index contributed by atoms with van der Waals surface area (Å²) >= 11 is 1.38. The molecule has 0 saturated heterocycles. The molecule has 0 aliphatic carbocycles. The number of hydrogen-bond donors (Lipinski definition) is 0. The van der Waals surface area contributed by atoms with Gasteiger partial charge in [0.05, 0.1) is 18.4 Å². The van der Waals surface area contributed by atoms with Gasteiger partial charge in [0.2, 0.25) is 0 Å². The molecule has 0 spiro atoms. The minimum atomic E-state index is 0.0695. The van der Waals surface area contributed by atoms with Crippen LogP contribution in [-0.2, 0) is 6.54 Å². The molecule has 0 aliphatic heterocycles. The van der Waals surface area contributed by atoms with Gasteiger partial charge in [0, 0.05) is 12.1 Å². The molecule has 0 N–H and O–H groups in total. The molecule has 0 bridgehead atoms. The van der Waals surface area contributed by atoms with Crippen LogP contribution in [0.2, 0.25) is 0 Å². The molecular formula is C22H23N3O2S. The summed E-state index contributed by atoms with van der Waals surface area (Å²) in [6.07, 6.45) is 1.79. The van der Waals surface area contributed by atoms with E-state index in [2.05, 4.69) is 16.8 Å². The number of carbonyl (C=O) groups excluding carboxylic acids is 1. The van der Waals surface area contributed by atoms with Crippen LogP contribution in [0.1, 0.15) is 21.5 Å². The number of allylic oxidation sites excluding steroid dienone is 1. The topological polar surface area (TPSA) is 57.0 Å². The second-order valence-corrected chi connectivity index (χ2v) is 7.36. The molecule has 2 aromatic carbocycles. The van der Waals surface area contributed by atoms with Crippen LogP contribution in [0, 0.1) is 13.8 Å². The lowest BCUT2D eigenvalue weighted by Gasteiger charge is -2.10. The van der Waals surface area contributed by atoms with E-state index < -0.39 is 0 Å². The number of benzene rings is 2. The fourth-order valence-electron chi connectivity index (χ4n) is 2.85. The first-order chi connectivity index (χ1) is 13.5. The van der Waals surface area contributed by atoms with Crippen LogP contribution in [0.15, 0.2) is 60.3 Å². The molecule has 3 aromatic rings. The zero-order valence-corrected chi connectivity index (χ0v) is 17.1. The van der Waals surface area contributed by atoms with Crippen molar-refractivity contribution >= 4 is 17.5 Å². The lowest BCUT2D eigenvalue weighted by molar-refractivity contribution is 0.102. The van der Waals surface area contributed by atoms with Gasteiger partial charge < -0.3 is 4.74 Å². The molecule has 0 unspecified atom stereocenters. The third-order valence-corrected chi connectivity index (χ3v) is 5.50. The Morgan fingerprint density at radius 2 is 1.96 bits per heavy atom. The number of nitrogens with zero attached hydrogens (tertiary/aromatic N) is 3. The van der Waals surface area contributed by atoms with Gasteiger partial charge in [-0.3, -0.25) is 9.36 Å². The van der Waals surface area contributed by atoms with Crippen LogP contribution in [0.5, 0.6) is 5.75 Å². The normalized spacial score (nSPS) is 10.7. The molecule has 0 atom stereocenters. The molecular weight excluding hydrogens is 370 g/mol. The highest BCUT2D eigenvalue weighted by atomic mass is 32.2. The van der Waals surface area contributed by atoms with Crippen LogP contribution < -0.4 is 4.74 Å². The number of rotatable bonds is 8. The van der Waals surface area contributed by atoms with Gasteiger partial charge in [-0.25, -0.2) is 0 Å². The van der Waals surface area contributed by atoms with Crippen molar-refractivity contribution in [2.45, 2.75) is 25.5 Å². The molecule has 0 aliphatic rings. The highest BCUT2D eigenvalue weighted by Gasteiger charge is 2.18. The maximum absolute atomic E-state index is 12.6. The van der Waals surface area contributed by atoms with Crippen molar-refractivity contribution in [3.63, 3.8) is 0 Å². The maximum Gasteiger partial charge on any atom is 0.192 e. The smallest absolute Gasteiger partial charge is 0.192 e. The summed E-state index contributed by atoms with van der Waals surface area (Å²) < 4.78 is 7.40. The Bertz CT molecular complexity index is 1010. The average Bonchev–Trinajstić information content (AvgIpc) is 3.11. The van der Waals surface area contributed by atoms with E-state index in [1.807, 2.05) is 60.9 Å². The van der Waals surface area contributed by atoms with Gasteiger partial charge in [0.25, 0.3) is 0 Å². The van der Waals surface area contributed by atoms with Gasteiger partial charge in [-0.2, -0.15) is 0 Å². The van der Waals surface area contributed by atoms with E-state index in [0.29, 0.717) is 23.3 Å². The quantitative estimate of drug-likeness (QED) is 0.315. The van der Waals surface area contributed by atoms with Crippen molar-refractivity contribution in [3.05, 3.63) is 71.8 Å². The number of methoxy groups -OCH3 is 1. The van der Waals surface area contributed by atoms with Gasteiger partial charge in [-0.15, -0.1) is 16.8 Å². The Kier molecular flexibility index (Phi) is 6.31. The van der Waals surface area contributed by atoms with Crippen LogP contribution >= 0.6 is 11.8 Å². The Hall–Kier alpha value is -2.86. The molecule has 0 amide bonds. The van der Waals surface area contributed by atoms with E-state index in [4.69, 9.17) is 4.74 Å². The molecule has 28 heavy (non-hydrogen) atoms. The van der Waals surface area contributed by atoms with Crippen LogP contribution in [0.3, 0.4) is 0 Å². The number of aryl methyl sites for hydroxylation is 2. The van der Waals surface area contributed by atoms with E-state index in [1.54, 1.807) is 13.2 Å². The van der Waals surface area contributed by atoms with E-state index in [-0.39, 0.29) is 5.78 Å². The first-order valence-electron chi connectivity index (χ1n) is 8.96. The summed E-state index contributed by atoms with van der Waals surface area (Å²) in [4.78, 5) is 12.6. The van der Waals surface area contributed by atoms with Crippen LogP contribution in [0.25, 0.3) is 11.4 Å². The van der Waals surface area contributed by atoms with Crippen molar-refractivity contribution in [1.82, 2.24) is 14.8 Å². The van der Waals surface area contributed by atoms with Crippen molar-refractivity contribution < 1.29 is 9.53 Å². The first-order valence-corrected chi connectivity index (χ1v) is 9.94. The number of hydrogen-bond acceptors (Lipinski definition) is 5. The number of Topliss-reactive ketones (excluding diaryl/α,β-unsaturated/α-hetero) is 1. The minimum Gasteiger partial charge on any atom is -0.496 e. The maximum atomic E-state index is 12.6. The van der Waals surface area contributed by atoms with E-state index >= 15 is 0 Å². The SMILES string of the molecule is C=CCn1c(SCC(=O)c2ccc(C)c(C)c2)nnc1-c1ccccc1OC. The van der Waals surface area contributed by atoms with Gasteiger partial charge in [0.15, 0.2) is 16.8 Å². The summed E-state index contributed by atoms with van der Waals surface area (Å²) in [5.41, 5.74) is 3.86. The highest BCUT2D eigenvalue weighted by molar-refractivity contribution is 7.99. The molecule has 1 heterocycles. The summed E-state index contributed by atoms with van der Waals surface area (Å²) in [5, 5.41) is 9.33. The summed E-state index contributed by atoms with van der Waals surface area (Å²) in [5.74, 6) is 1.78. The van der Waals surface area contributed by atoms with Crippen LogP contribution in [0.4, 0.5) is 0 Å². The third kappa shape index (κ3) is 4.17. The minimum absolute atomic E-state index is 0.0695. The number of para-hydroxylation sites is 1.